The van der Waals surface area contributed by atoms with Gasteiger partial charge in [0.2, 0.25) is 15.0 Å². The van der Waals surface area contributed by atoms with Gasteiger partial charge in [-0.15, -0.1) is 10.2 Å². The molecule has 4 rings (SSSR count). The Morgan fingerprint density at radius 3 is 2.71 bits per heavy atom. The third kappa shape index (κ3) is 4.63. The lowest BCUT2D eigenvalue weighted by Gasteiger charge is -2.30. The number of anilines is 1. The predicted molar refractivity (Wildman–Crippen MR) is 111 cm³/mol. The Hall–Kier alpha value is -2.76. The van der Waals surface area contributed by atoms with Crippen molar-refractivity contribution in [2.24, 2.45) is 0 Å². The molecule has 1 fully saturated rings. The largest absolute Gasteiger partial charge is 0.320 e. The molecule has 3 aromatic rings. The van der Waals surface area contributed by atoms with Crippen molar-refractivity contribution in [1.82, 2.24) is 14.5 Å². The number of hydrogen-bond acceptors (Lipinski definition) is 6. The van der Waals surface area contributed by atoms with E-state index in [1.54, 1.807) is 6.07 Å². The third-order valence-electron chi connectivity index (χ3n) is 4.91. The highest BCUT2D eigenvalue weighted by Crippen LogP contribution is 2.32. The number of carbonyl (C=O) groups is 1. The fraction of sp³-hybridized carbons (Fsp3) is 0.250. The van der Waals surface area contributed by atoms with Crippen molar-refractivity contribution in [2.75, 3.05) is 18.4 Å². The average Bonchev–Trinajstić information content (AvgIpc) is 3.25. The Bertz CT molecular complexity index is 1220. The van der Waals surface area contributed by atoms with Crippen LogP contribution >= 0.6 is 11.3 Å². The summed E-state index contributed by atoms with van der Waals surface area (Å²) < 4.78 is 54.4. The molecule has 1 aliphatic rings. The molecule has 1 saturated heterocycles. The summed E-state index contributed by atoms with van der Waals surface area (Å²) in [5.41, 5.74) is 0.293. The van der Waals surface area contributed by atoms with Crippen molar-refractivity contribution >= 4 is 33.0 Å². The van der Waals surface area contributed by atoms with E-state index in [1.165, 1.54) is 40.7 Å². The van der Waals surface area contributed by atoms with Crippen LogP contribution in [0.15, 0.2) is 53.4 Å². The Labute approximate surface area is 181 Å². The summed E-state index contributed by atoms with van der Waals surface area (Å²) in [5, 5.41) is 11.1. The molecule has 0 bridgehead atoms. The van der Waals surface area contributed by atoms with Crippen LogP contribution < -0.4 is 5.32 Å². The number of nitrogens with one attached hydrogen (secondary N) is 1. The fourth-order valence-electron chi connectivity index (χ4n) is 3.40. The van der Waals surface area contributed by atoms with Crippen LogP contribution in [0.5, 0.6) is 0 Å². The minimum Gasteiger partial charge on any atom is -0.320 e. The van der Waals surface area contributed by atoms with Gasteiger partial charge in [-0.3, -0.25) is 4.79 Å². The monoisotopic (exact) mass is 464 g/mol. The van der Waals surface area contributed by atoms with Crippen LogP contribution in [-0.2, 0) is 10.0 Å². The normalized spacial score (nSPS) is 17.4. The first kappa shape index (κ1) is 21.5. The fourth-order valence-corrected chi connectivity index (χ4v) is 5.85. The quantitative estimate of drug-likeness (QED) is 0.623. The second-order valence-electron chi connectivity index (χ2n) is 7.04. The first-order valence-electron chi connectivity index (χ1n) is 9.49. The molecule has 0 radical (unpaired) electrons. The second-order valence-corrected chi connectivity index (χ2v) is 9.96. The maximum atomic E-state index is 14.1. The van der Waals surface area contributed by atoms with Gasteiger partial charge in [0, 0.05) is 24.7 Å². The first-order chi connectivity index (χ1) is 14.8. The summed E-state index contributed by atoms with van der Waals surface area (Å²) >= 11 is 1.06. The van der Waals surface area contributed by atoms with Crippen LogP contribution in [0.2, 0.25) is 0 Å². The van der Waals surface area contributed by atoms with E-state index in [0.717, 1.165) is 17.4 Å². The van der Waals surface area contributed by atoms with Crippen LogP contribution in [0.1, 0.15) is 33.6 Å². The van der Waals surface area contributed by atoms with Crippen molar-refractivity contribution < 1.29 is 22.0 Å². The Kier molecular flexibility index (Phi) is 6.08. The maximum Gasteiger partial charge on any atom is 0.286 e. The van der Waals surface area contributed by atoms with E-state index in [4.69, 9.17) is 0 Å². The number of nitrogens with zero attached hydrogens (tertiary/aromatic N) is 3. The molecule has 162 valence electrons. The van der Waals surface area contributed by atoms with Crippen LogP contribution in [0.3, 0.4) is 0 Å². The predicted octanol–water partition coefficient (Wildman–Crippen LogP) is 3.64. The van der Waals surface area contributed by atoms with Gasteiger partial charge in [0.1, 0.15) is 21.5 Å². The zero-order valence-corrected chi connectivity index (χ0v) is 17.8. The Balaban J connectivity index is 1.49. The Morgan fingerprint density at radius 2 is 1.94 bits per heavy atom. The minimum atomic E-state index is -3.99. The zero-order chi connectivity index (χ0) is 22.0. The molecule has 0 spiro atoms. The molecule has 2 aromatic carbocycles. The number of amides is 1. The number of carbonyl (C=O) groups excluding carboxylic acids is 1. The summed E-state index contributed by atoms with van der Waals surface area (Å²) in [6.07, 6.45) is 1.24. The van der Waals surface area contributed by atoms with Gasteiger partial charge in [-0.05, 0) is 43.2 Å². The highest BCUT2D eigenvalue weighted by molar-refractivity contribution is 7.89. The van der Waals surface area contributed by atoms with Gasteiger partial charge in [-0.25, -0.2) is 17.2 Å². The first-order valence-corrected chi connectivity index (χ1v) is 11.8. The van der Waals surface area contributed by atoms with E-state index in [1.807, 2.05) is 0 Å². The molecule has 11 heteroatoms. The number of hydrogen-bond donors (Lipinski definition) is 1. The molecule has 0 unspecified atom stereocenters. The number of sulfonamides is 1. The van der Waals surface area contributed by atoms with E-state index >= 15 is 0 Å². The molecular formula is C20H18F2N4O3S2. The molecule has 2 heterocycles. The lowest BCUT2D eigenvalue weighted by molar-refractivity contribution is 0.102. The molecule has 1 N–H and O–H groups in total. The molecule has 0 saturated carbocycles. The van der Waals surface area contributed by atoms with Crippen molar-refractivity contribution in [2.45, 2.75) is 23.7 Å². The van der Waals surface area contributed by atoms with E-state index in [9.17, 15) is 22.0 Å². The average molecular weight is 465 g/mol. The molecule has 1 atom stereocenters. The summed E-state index contributed by atoms with van der Waals surface area (Å²) in [6, 6.07) is 10.8. The van der Waals surface area contributed by atoms with Gasteiger partial charge in [-0.1, -0.05) is 29.5 Å². The van der Waals surface area contributed by atoms with Gasteiger partial charge in [-0.2, -0.15) is 4.31 Å². The smallest absolute Gasteiger partial charge is 0.286 e. The molecule has 7 nitrogen and oxygen atoms in total. The molecule has 1 amide bonds. The van der Waals surface area contributed by atoms with Gasteiger partial charge < -0.3 is 5.32 Å². The van der Waals surface area contributed by atoms with E-state index in [-0.39, 0.29) is 28.9 Å². The van der Waals surface area contributed by atoms with Gasteiger partial charge in [0.15, 0.2) is 0 Å². The minimum absolute atomic E-state index is 0.0911. The van der Waals surface area contributed by atoms with Crippen molar-refractivity contribution in [1.29, 1.82) is 0 Å². The lowest BCUT2D eigenvalue weighted by atomic mass is 10.0. The summed E-state index contributed by atoms with van der Waals surface area (Å²) in [4.78, 5) is 12.0. The SMILES string of the molecule is O=C(Nc1cccc(F)c1)c1nnc([C@@H]2CCCN(S(=O)(=O)c3ccccc3F)C2)s1. The summed E-state index contributed by atoms with van der Waals surface area (Å²) in [7, 11) is -3.99. The van der Waals surface area contributed by atoms with E-state index < -0.39 is 27.6 Å². The molecule has 31 heavy (non-hydrogen) atoms. The number of benzene rings is 2. The van der Waals surface area contributed by atoms with Gasteiger partial charge in [0.25, 0.3) is 5.91 Å². The summed E-state index contributed by atoms with van der Waals surface area (Å²) in [6.45, 7) is 0.399. The molecule has 1 aromatic heterocycles. The number of halogens is 2. The third-order valence-corrected chi connectivity index (χ3v) is 7.89. The highest BCUT2D eigenvalue weighted by atomic mass is 32.2. The van der Waals surface area contributed by atoms with Crippen molar-refractivity contribution in [3.8, 4) is 0 Å². The lowest BCUT2D eigenvalue weighted by Crippen LogP contribution is -2.39. The van der Waals surface area contributed by atoms with Gasteiger partial charge >= 0.3 is 0 Å². The van der Waals surface area contributed by atoms with Crippen LogP contribution in [0.25, 0.3) is 0 Å². The molecular weight excluding hydrogens is 446 g/mol. The molecule has 0 aliphatic carbocycles. The molecule has 1 aliphatic heterocycles. The van der Waals surface area contributed by atoms with Crippen LogP contribution in [-0.4, -0.2) is 41.9 Å². The standard InChI is InChI=1S/C20H18F2N4O3S2/c21-14-6-3-7-15(11-14)23-18(27)20-25-24-19(30-20)13-5-4-10-26(12-13)31(28,29)17-9-2-1-8-16(17)22/h1-3,6-9,11,13H,4-5,10,12H2,(H,23,27)/t13-/m1/s1. The van der Waals surface area contributed by atoms with Crippen molar-refractivity contribution in [3.05, 3.63) is 70.2 Å². The second kappa shape index (κ2) is 8.77. The maximum absolute atomic E-state index is 14.1. The van der Waals surface area contributed by atoms with Crippen LogP contribution in [0.4, 0.5) is 14.5 Å². The summed E-state index contributed by atoms with van der Waals surface area (Å²) in [5.74, 6) is -2.06. The van der Waals surface area contributed by atoms with E-state index in [2.05, 4.69) is 15.5 Å². The van der Waals surface area contributed by atoms with Gasteiger partial charge in [0.05, 0.1) is 0 Å². The van der Waals surface area contributed by atoms with E-state index in [0.29, 0.717) is 23.5 Å². The number of piperidine rings is 1. The highest BCUT2D eigenvalue weighted by Gasteiger charge is 2.34. The topological polar surface area (TPSA) is 92.3 Å². The van der Waals surface area contributed by atoms with Crippen molar-refractivity contribution in [3.63, 3.8) is 0 Å². The van der Waals surface area contributed by atoms with Crippen LogP contribution in [0, 0.1) is 11.6 Å². The number of aromatic nitrogens is 2. The zero-order valence-electron chi connectivity index (χ0n) is 16.2. The number of rotatable bonds is 5. The Morgan fingerprint density at radius 1 is 1.13 bits per heavy atom.